The lowest BCUT2D eigenvalue weighted by atomic mass is 10.1. The van der Waals surface area contributed by atoms with Crippen molar-refractivity contribution >= 4 is 54.9 Å². The molecule has 0 aliphatic carbocycles. The molecule has 0 spiro atoms. The summed E-state index contributed by atoms with van der Waals surface area (Å²) in [6.07, 6.45) is 0.521. The SMILES string of the molecule is O=C(CSc1ccc(Br)cc1)Cc1csc2ccccc12. The van der Waals surface area contributed by atoms with Gasteiger partial charge in [-0.2, -0.15) is 0 Å². The molecular formula is C17H13BrOS2. The van der Waals surface area contributed by atoms with E-state index in [1.54, 1.807) is 23.1 Å². The number of thioether (sulfide) groups is 1. The third-order valence-electron chi connectivity index (χ3n) is 3.16. The Morgan fingerprint density at radius 3 is 2.67 bits per heavy atom. The maximum Gasteiger partial charge on any atom is 0.147 e. The Bertz CT molecular complexity index is 762. The number of carbonyl (C=O) groups excluding carboxylic acids is 1. The summed E-state index contributed by atoms with van der Waals surface area (Å²) in [6.45, 7) is 0. The molecule has 0 N–H and O–H groups in total. The summed E-state index contributed by atoms with van der Waals surface area (Å²) in [5.74, 6) is 0.790. The van der Waals surface area contributed by atoms with Crippen LogP contribution in [0.15, 0.2) is 63.3 Å². The Hall–Kier alpha value is -1.10. The van der Waals surface area contributed by atoms with Crippen molar-refractivity contribution in [2.75, 3.05) is 5.75 Å². The molecule has 0 saturated heterocycles. The number of ketones is 1. The van der Waals surface area contributed by atoms with E-state index in [-0.39, 0.29) is 5.78 Å². The minimum Gasteiger partial charge on any atom is -0.298 e. The Morgan fingerprint density at radius 2 is 1.86 bits per heavy atom. The Balaban J connectivity index is 1.62. The van der Waals surface area contributed by atoms with Crippen molar-refractivity contribution in [1.82, 2.24) is 0 Å². The molecule has 0 fully saturated rings. The van der Waals surface area contributed by atoms with Crippen LogP contribution in [0.3, 0.4) is 0 Å². The summed E-state index contributed by atoms with van der Waals surface area (Å²) in [5, 5.41) is 3.32. The summed E-state index contributed by atoms with van der Waals surface area (Å²) in [6, 6.07) is 16.3. The van der Waals surface area contributed by atoms with E-state index in [2.05, 4.69) is 33.4 Å². The number of rotatable bonds is 5. The first-order valence-corrected chi connectivity index (χ1v) is 9.23. The maximum atomic E-state index is 12.2. The Kier molecular flexibility index (Phi) is 4.78. The molecule has 1 heterocycles. The number of carbonyl (C=O) groups is 1. The van der Waals surface area contributed by atoms with Crippen LogP contribution in [0.4, 0.5) is 0 Å². The van der Waals surface area contributed by atoms with Gasteiger partial charge in [0, 0.05) is 20.5 Å². The fourth-order valence-corrected chi connectivity index (χ4v) is 4.11. The molecule has 1 nitrogen and oxygen atoms in total. The van der Waals surface area contributed by atoms with E-state index in [0.29, 0.717) is 12.2 Å². The van der Waals surface area contributed by atoms with Crippen LogP contribution in [0.1, 0.15) is 5.56 Å². The van der Waals surface area contributed by atoms with Gasteiger partial charge in [-0.25, -0.2) is 0 Å². The molecule has 106 valence electrons. The molecular weight excluding hydrogens is 364 g/mol. The van der Waals surface area contributed by atoms with E-state index < -0.39 is 0 Å². The molecule has 4 heteroatoms. The van der Waals surface area contributed by atoms with Gasteiger partial charge in [-0.15, -0.1) is 23.1 Å². The van der Waals surface area contributed by atoms with Gasteiger partial charge >= 0.3 is 0 Å². The average molecular weight is 377 g/mol. The van der Waals surface area contributed by atoms with Crippen molar-refractivity contribution in [2.24, 2.45) is 0 Å². The van der Waals surface area contributed by atoms with Crippen molar-refractivity contribution in [3.05, 3.63) is 63.9 Å². The van der Waals surface area contributed by atoms with Gasteiger partial charge in [-0.3, -0.25) is 4.79 Å². The highest BCUT2D eigenvalue weighted by molar-refractivity contribution is 9.10. The van der Waals surface area contributed by atoms with Crippen LogP contribution in [-0.4, -0.2) is 11.5 Å². The zero-order valence-electron chi connectivity index (χ0n) is 11.2. The first-order valence-electron chi connectivity index (χ1n) is 6.57. The van der Waals surface area contributed by atoms with Crippen molar-refractivity contribution in [2.45, 2.75) is 11.3 Å². The van der Waals surface area contributed by atoms with E-state index >= 15 is 0 Å². The van der Waals surface area contributed by atoms with Gasteiger partial charge in [0.05, 0.1) is 5.75 Å². The molecule has 0 bridgehead atoms. The molecule has 21 heavy (non-hydrogen) atoms. The Labute approximate surface area is 140 Å². The number of thiophene rings is 1. The van der Waals surface area contributed by atoms with Gasteiger partial charge in [0.2, 0.25) is 0 Å². The standard InChI is InChI=1S/C17H13BrOS2/c18-13-5-7-15(8-6-13)20-11-14(19)9-12-10-21-17-4-2-1-3-16(12)17/h1-8,10H,9,11H2. The Morgan fingerprint density at radius 1 is 1.10 bits per heavy atom. The summed E-state index contributed by atoms with van der Waals surface area (Å²) in [7, 11) is 0. The molecule has 0 radical (unpaired) electrons. The molecule has 3 aromatic rings. The van der Waals surface area contributed by atoms with Crippen molar-refractivity contribution in [3.8, 4) is 0 Å². The number of halogens is 1. The van der Waals surface area contributed by atoms with E-state index in [0.717, 1.165) is 14.9 Å². The molecule has 1 aromatic heterocycles. The van der Waals surface area contributed by atoms with Crippen LogP contribution in [0, 0.1) is 0 Å². The van der Waals surface area contributed by atoms with Gasteiger partial charge in [0.25, 0.3) is 0 Å². The normalized spacial score (nSPS) is 10.9. The van der Waals surface area contributed by atoms with Crippen LogP contribution in [0.2, 0.25) is 0 Å². The predicted octanol–water partition coefficient (Wildman–Crippen LogP) is 5.57. The third-order valence-corrected chi connectivity index (χ3v) is 5.78. The molecule has 0 aliphatic rings. The fraction of sp³-hybridized carbons (Fsp3) is 0.118. The van der Waals surface area contributed by atoms with Crippen molar-refractivity contribution < 1.29 is 4.79 Å². The highest BCUT2D eigenvalue weighted by Gasteiger charge is 2.09. The summed E-state index contributed by atoms with van der Waals surface area (Å²) >= 11 is 6.72. The van der Waals surface area contributed by atoms with Gasteiger partial charge in [-0.05, 0) is 46.7 Å². The topological polar surface area (TPSA) is 17.1 Å². The molecule has 0 aliphatic heterocycles. The lowest BCUT2D eigenvalue weighted by molar-refractivity contribution is -0.115. The quantitative estimate of drug-likeness (QED) is 0.541. The summed E-state index contributed by atoms with van der Waals surface area (Å²) < 4.78 is 2.31. The molecule has 0 unspecified atom stereocenters. The second-order valence-corrected chi connectivity index (χ2v) is 7.59. The van der Waals surface area contributed by atoms with Crippen molar-refractivity contribution in [3.63, 3.8) is 0 Å². The number of Topliss-reactive ketones (excluding diaryl/α,β-unsaturated/α-hetero) is 1. The zero-order chi connectivity index (χ0) is 14.7. The van der Waals surface area contributed by atoms with Crippen LogP contribution < -0.4 is 0 Å². The number of fused-ring (bicyclic) bond motifs is 1. The van der Waals surface area contributed by atoms with Gasteiger partial charge in [-0.1, -0.05) is 34.1 Å². The van der Waals surface area contributed by atoms with Gasteiger partial charge in [0.15, 0.2) is 0 Å². The first-order chi connectivity index (χ1) is 10.2. The number of hydrogen-bond donors (Lipinski definition) is 0. The van der Waals surface area contributed by atoms with Crippen molar-refractivity contribution in [1.29, 1.82) is 0 Å². The van der Waals surface area contributed by atoms with E-state index in [4.69, 9.17) is 0 Å². The highest BCUT2D eigenvalue weighted by atomic mass is 79.9. The molecule has 0 amide bonds. The fourth-order valence-electron chi connectivity index (χ4n) is 2.13. The zero-order valence-corrected chi connectivity index (χ0v) is 14.4. The molecule has 0 atom stereocenters. The van der Waals surface area contributed by atoms with Gasteiger partial charge < -0.3 is 0 Å². The monoisotopic (exact) mass is 376 g/mol. The third kappa shape index (κ3) is 3.76. The smallest absolute Gasteiger partial charge is 0.147 e. The highest BCUT2D eigenvalue weighted by Crippen LogP contribution is 2.27. The maximum absolute atomic E-state index is 12.2. The van der Waals surface area contributed by atoms with Crippen LogP contribution >= 0.6 is 39.0 Å². The second-order valence-electron chi connectivity index (χ2n) is 4.72. The first kappa shape index (κ1) is 14.8. The number of benzene rings is 2. The summed E-state index contributed by atoms with van der Waals surface area (Å²) in [4.78, 5) is 13.3. The van der Waals surface area contributed by atoms with Crippen LogP contribution in [0.25, 0.3) is 10.1 Å². The average Bonchev–Trinajstić information content (AvgIpc) is 2.90. The minimum atomic E-state index is 0.270. The van der Waals surface area contributed by atoms with E-state index in [9.17, 15) is 4.79 Å². The lowest BCUT2D eigenvalue weighted by Crippen LogP contribution is -2.05. The molecule has 3 rings (SSSR count). The van der Waals surface area contributed by atoms with Gasteiger partial charge in [0.1, 0.15) is 5.78 Å². The summed E-state index contributed by atoms with van der Waals surface area (Å²) in [5.41, 5.74) is 1.15. The molecule has 0 saturated carbocycles. The predicted molar refractivity (Wildman–Crippen MR) is 95.4 cm³/mol. The van der Waals surface area contributed by atoms with E-state index in [1.807, 2.05) is 36.4 Å². The van der Waals surface area contributed by atoms with Crippen LogP contribution in [0.5, 0.6) is 0 Å². The van der Waals surface area contributed by atoms with Crippen LogP contribution in [-0.2, 0) is 11.2 Å². The lowest BCUT2D eigenvalue weighted by Gasteiger charge is -2.02. The number of hydrogen-bond acceptors (Lipinski definition) is 3. The molecule has 2 aromatic carbocycles. The second kappa shape index (κ2) is 6.77. The largest absolute Gasteiger partial charge is 0.298 e. The minimum absolute atomic E-state index is 0.270. The van der Waals surface area contributed by atoms with E-state index in [1.165, 1.54) is 10.1 Å².